The zero-order valence-corrected chi connectivity index (χ0v) is 10.8. The van der Waals surface area contributed by atoms with Crippen LogP contribution in [0.1, 0.15) is 11.4 Å². The lowest BCUT2D eigenvalue weighted by Crippen LogP contribution is -2.14. The third-order valence-corrected chi connectivity index (χ3v) is 2.74. The average molecular weight is 313 g/mol. The molecule has 0 atom stereocenters. The predicted molar refractivity (Wildman–Crippen MR) is 65.6 cm³/mol. The van der Waals surface area contributed by atoms with Gasteiger partial charge in [-0.25, -0.2) is 0 Å². The van der Waals surface area contributed by atoms with E-state index in [1.165, 1.54) is 12.5 Å². The van der Waals surface area contributed by atoms with Gasteiger partial charge in [0.2, 0.25) is 6.39 Å². The minimum absolute atomic E-state index is 0.0822. The Morgan fingerprint density at radius 1 is 1.44 bits per heavy atom. The van der Waals surface area contributed by atoms with Crippen LogP contribution in [-0.4, -0.2) is 15.1 Å². The number of halogens is 1. The second-order valence-electron chi connectivity index (χ2n) is 3.48. The Morgan fingerprint density at radius 3 is 2.94 bits per heavy atom. The van der Waals surface area contributed by atoms with Gasteiger partial charge in [0.25, 0.3) is 5.69 Å². The van der Waals surface area contributed by atoms with E-state index in [-0.39, 0.29) is 5.69 Å². The number of nitrogens with zero attached hydrogens (tertiary/aromatic N) is 3. The maximum Gasteiger partial charge on any atom is 0.273 e. The Hall–Kier alpha value is -1.80. The highest BCUT2D eigenvalue weighted by Crippen LogP contribution is 2.22. The van der Waals surface area contributed by atoms with Crippen molar-refractivity contribution in [2.24, 2.45) is 0 Å². The van der Waals surface area contributed by atoms with Crippen molar-refractivity contribution >= 4 is 21.6 Å². The van der Waals surface area contributed by atoms with Crippen molar-refractivity contribution in [3.8, 4) is 0 Å². The van der Waals surface area contributed by atoms with Gasteiger partial charge in [-0.1, -0.05) is 21.1 Å². The highest BCUT2D eigenvalue weighted by molar-refractivity contribution is 9.10. The fourth-order valence-electron chi connectivity index (χ4n) is 1.45. The van der Waals surface area contributed by atoms with Gasteiger partial charge in [-0.05, 0) is 12.1 Å². The molecule has 18 heavy (non-hydrogen) atoms. The molecule has 7 nitrogen and oxygen atoms in total. The first-order chi connectivity index (χ1) is 8.66. The number of nitrogens with one attached hydrogen (secondary N) is 1. The minimum atomic E-state index is -0.405. The van der Waals surface area contributed by atoms with Gasteiger partial charge in [0.15, 0.2) is 5.82 Å². The topological polar surface area (TPSA) is 94.1 Å². The van der Waals surface area contributed by atoms with Crippen molar-refractivity contribution in [1.82, 2.24) is 15.5 Å². The zero-order valence-electron chi connectivity index (χ0n) is 9.17. The van der Waals surface area contributed by atoms with Crippen LogP contribution in [0, 0.1) is 10.1 Å². The third-order valence-electron chi connectivity index (χ3n) is 2.24. The van der Waals surface area contributed by atoms with Gasteiger partial charge in [0.05, 0.1) is 11.5 Å². The van der Waals surface area contributed by atoms with Crippen molar-refractivity contribution in [3.63, 3.8) is 0 Å². The van der Waals surface area contributed by atoms with Crippen molar-refractivity contribution in [2.75, 3.05) is 0 Å². The maximum atomic E-state index is 10.8. The molecule has 0 fully saturated rings. The smallest absolute Gasteiger partial charge is 0.273 e. The summed E-state index contributed by atoms with van der Waals surface area (Å²) in [6.45, 7) is 0.741. The van der Waals surface area contributed by atoms with Crippen LogP contribution >= 0.6 is 15.9 Å². The first-order valence-corrected chi connectivity index (χ1v) is 5.85. The lowest BCUT2D eigenvalue weighted by atomic mass is 10.2. The molecule has 1 heterocycles. The standard InChI is InChI=1S/C10H9BrN4O3/c11-8-1-2-9(15(16)17)7(3-8)4-12-5-10-13-6-18-14-10/h1-3,6,12H,4-5H2. The van der Waals surface area contributed by atoms with Crippen LogP contribution in [0.4, 0.5) is 5.69 Å². The number of nitro groups is 1. The number of rotatable bonds is 5. The molecule has 0 spiro atoms. The molecule has 94 valence electrons. The van der Waals surface area contributed by atoms with E-state index in [2.05, 4.69) is 35.9 Å². The average Bonchev–Trinajstić information content (AvgIpc) is 2.82. The molecule has 0 aliphatic rings. The van der Waals surface area contributed by atoms with Crippen molar-refractivity contribution in [1.29, 1.82) is 0 Å². The van der Waals surface area contributed by atoms with Gasteiger partial charge in [-0.2, -0.15) is 4.98 Å². The third kappa shape index (κ3) is 3.11. The van der Waals surface area contributed by atoms with Crippen molar-refractivity contribution in [3.05, 3.63) is 50.6 Å². The molecular formula is C10H9BrN4O3. The van der Waals surface area contributed by atoms with Crippen LogP contribution in [-0.2, 0) is 13.1 Å². The Balaban J connectivity index is 2.03. The van der Waals surface area contributed by atoms with Gasteiger partial charge in [-0.3, -0.25) is 10.1 Å². The Bertz CT molecular complexity index is 544. The minimum Gasteiger partial charge on any atom is -0.343 e. The molecule has 0 saturated carbocycles. The highest BCUT2D eigenvalue weighted by Gasteiger charge is 2.13. The fraction of sp³-hybridized carbons (Fsp3) is 0.200. The summed E-state index contributed by atoms with van der Waals surface area (Å²) in [7, 11) is 0. The molecule has 0 amide bonds. The van der Waals surface area contributed by atoms with Crippen LogP contribution < -0.4 is 5.32 Å². The van der Waals surface area contributed by atoms with Crippen molar-refractivity contribution in [2.45, 2.75) is 13.1 Å². The van der Waals surface area contributed by atoms with E-state index in [1.807, 2.05) is 0 Å². The SMILES string of the molecule is O=[N+]([O-])c1ccc(Br)cc1CNCc1ncon1. The molecule has 8 heteroatoms. The highest BCUT2D eigenvalue weighted by atomic mass is 79.9. The Labute approximate surface area is 110 Å². The van der Waals surface area contributed by atoms with Gasteiger partial charge in [0.1, 0.15) is 0 Å². The predicted octanol–water partition coefficient (Wildman–Crippen LogP) is 2.03. The molecule has 0 bridgehead atoms. The van der Waals surface area contributed by atoms with E-state index in [1.54, 1.807) is 12.1 Å². The van der Waals surface area contributed by atoms with E-state index in [4.69, 9.17) is 0 Å². The lowest BCUT2D eigenvalue weighted by molar-refractivity contribution is -0.385. The second-order valence-corrected chi connectivity index (χ2v) is 4.40. The zero-order chi connectivity index (χ0) is 13.0. The Morgan fingerprint density at radius 2 is 2.28 bits per heavy atom. The summed E-state index contributed by atoms with van der Waals surface area (Å²) in [6.07, 6.45) is 1.23. The van der Waals surface area contributed by atoms with Crippen LogP contribution in [0.25, 0.3) is 0 Å². The molecule has 1 N–H and O–H groups in total. The van der Waals surface area contributed by atoms with Crippen molar-refractivity contribution < 1.29 is 9.45 Å². The number of hydrogen-bond acceptors (Lipinski definition) is 6. The molecular weight excluding hydrogens is 304 g/mol. The summed E-state index contributed by atoms with van der Waals surface area (Å²) >= 11 is 3.29. The fourth-order valence-corrected chi connectivity index (χ4v) is 1.86. The molecule has 1 aromatic carbocycles. The van der Waals surface area contributed by atoms with E-state index >= 15 is 0 Å². The second kappa shape index (κ2) is 5.69. The number of nitro benzene ring substituents is 1. The van der Waals surface area contributed by atoms with E-state index < -0.39 is 4.92 Å². The van der Waals surface area contributed by atoms with Crippen LogP contribution in [0.15, 0.2) is 33.6 Å². The van der Waals surface area contributed by atoms with Gasteiger partial charge >= 0.3 is 0 Å². The summed E-state index contributed by atoms with van der Waals surface area (Å²) in [4.78, 5) is 14.3. The summed E-state index contributed by atoms with van der Waals surface area (Å²) in [6, 6.07) is 4.82. The normalized spacial score (nSPS) is 10.5. The van der Waals surface area contributed by atoms with Crippen LogP contribution in [0.2, 0.25) is 0 Å². The molecule has 0 aliphatic carbocycles. The summed E-state index contributed by atoms with van der Waals surface area (Å²) < 4.78 is 5.38. The van der Waals surface area contributed by atoms with Crippen LogP contribution in [0.3, 0.4) is 0 Å². The van der Waals surface area contributed by atoms with Crippen LogP contribution in [0.5, 0.6) is 0 Å². The van der Waals surface area contributed by atoms with Gasteiger partial charge in [0, 0.05) is 22.6 Å². The summed E-state index contributed by atoms with van der Waals surface area (Å²) in [5.41, 5.74) is 0.677. The maximum absolute atomic E-state index is 10.8. The molecule has 0 radical (unpaired) electrons. The van der Waals surface area contributed by atoms with E-state index in [0.717, 1.165) is 4.47 Å². The number of aromatic nitrogens is 2. The molecule has 1 aromatic heterocycles. The van der Waals surface area contributed by atoms with E-state index in [9.17, 15) is 10.1 Å². The monoisotopic (exact) mass is 312 g/mol. The first kappa shape index (κ1) is 12.7. The van der Waals surface area contributed by atoms with Gasteiger partial charge < -0.3 is 9.84 Å². The van der Waals surface area contributed by atoms with Gasteiger partial charge in [-0.15, -0.1) is 0 Å². The molecule has 0 unspecified atom stereocenters. The Kier molecular flexibility index (Phi) is 4.00. The summed E-state index contributed by atoms with van der Waals surface area (Å²) in [5.74, 6) is 0.507. The molecule has 2 aromatic rings. The summed E-state index contributed by atoms with van der Waals surface area (Å²) in [5, 5.41) is 17.5. The van der Waals surface area contributed by atoms with E-state index in [0.29, 0.717) is 24.5 Å². The number of hydrogen-bond donors (Lipinski definition) is 1. The first-order valence-electron chi connectivity index (χ1n) is 5.05. The lowest BCUT2D eigenvalue weighted by Gasteiger charge is -2.04. The molecule has 0 saturated heterocycles. The largest absolute Gasteiger partial charge is 0.343 e. The number of benzene rings is 1. The quantitative estimate of drug-likeness (QED) is 0.670. The molecule has 0 aliphatic heterocycles. The molecule has 2 rings (SSSR count).